The van der Waals surface area contributed by atoms with E-state index in [0.29, 0.717) is 43.3 Å². The van der Waals surface area contributed by atoms with E-state index >= 15 is 0 Å². The Balaban J connectivity index is 0.000000343. The van der Waals surface area contributed by atoms with Gasteiger partial charge in [-0.15, -0.1) is 0 Å². The Labute approximate surface area is 198 Å². The molecular weight excluding hydrogens is 440 g/mol. The molecule has 4 N–H and O–H groups in total. The maximum Gasteiger partial charge on any atom is 0.320 e. The van der Waals surface area contributed by atoms with E-state index in [-0.39, 0.29) is 19.0 Å². The predicted molar refractivity (Wildman–Crippen MR) is 126 cm³/mol. The molecule has 2 amide bonds. The number of hydrogen-bond acceptors (Lipinski definition) is 9. The highest BCUT2D eigenvalue weighted by atomic mass is 16.5. The lowest BCUT2D eigenvalue weighted by atomic mass is 10.1. The third kappa shape index (κ3) is 6.90. The molecule has 1 aliphatic heterocycles. The molecule has 0 aromatic carbocycles. The number of nitrogens with zero attached hydrogens (tertiary/aromatic N) is 6. The number of carbonyl (C=O) groups is 2. The fourth-order valence-electron chi connectivity index (χ4n) is 3.76. The SMILES string of the molecule is CNc1nc(N)c(C2CC2)c(CCCN2CCN(CCC(=O)O)C2=O)n1.COc1ncccn1. The molecule has 1 saturated carbocycles. The summed E-state index contributed by atoms with van der Waals surface area (Å²) in [6.07, 6.45) is 7.03. The average molecular weight is 473 g/mol. The van der Waals surface area contributed by atoms with Crippen LogP contribution in [0, 0.1) is 0 Å². The normalized spacial score (nSPS) is 15.1. The highest BCUT2D eigenvalue weighted by Crippen LogP contribution is 2.44. The fraction of sp³-hybridized carbons (Fsp3) is 0.545. The van der Waals surface area contributed by atoms with Crippen LogP contribution in [0.3, 0.4) is 0 Å². The summed E-state index contributed by atoms with van der Waals surface area (Å²) >= 11 is 0. The lowest BCUT2D eigenvalue weighted by molar-refractivity contribution is -0.137. The van der Waals surface area contributed by atoms with Crippen LogP contribution in [-0.4, -0.2) is 87.2 Å². The summed E-state index contributed by atoms with van der Waals surface area (Å²) in [5.74, 6) is 0.666. The number of amides is 2. The Bertz CT molecular complexity index is 971. The summed E-state index contributed by atoms with van der Waals surface area (Å²) in [7, 11) is 3.30. The van der Waals surface area contributed by atoms with Crippen LogP contribution >= 0.6 is 0 Å². The van der Waals surface area contributed by atoms with Gasteiger partial charge in [-0.05, 0) is 37.7 Å². The van der Waals surface area contributed by atoms with Gasteiger partial charge in [0.05, 0.1) is 19.2 Å². The second-order valence-corrected chi connectivity index (χ2v) is 8.06. The summed E-state index contributed by atoms with van der Waals surface area (Å²) in [5.41, 5.74) is 8.16. The number of anilines is 2. The van der Waals surface area contributed by atoms with Gasteiger partial charge in [0.1, 0.15) is 5.82 Å². The number of nitrogen functional groups attached to an aromatic ring is 1. The van der Waals surface area contributed by atoms with Gasteiger partial charge in [0, 0.05) is 51.2 Å². The number of nitrogens with two attached hydrogens (primary N) is 1. The van der Waals surface area contributed by atoms with Crippen molar-refractivity contribution >= 4 is 23.8 Å². The minimum Gasteiger partial charge on any atom is -0.481 e. The van der Waals surface area contributed by atoms with Crippen LogP contribution in [0.1, 0.15) is 42.9 Å². The van der Waals surface area contributed by atoms with Crippen molar-refractivity contribution in [2.75, 3.05) is 51.4 Å². The number of methoxy groups -OCH3 is 1. The largest absolute Gasteiger partial charge is 0.481 e. The van der Waals surface area contributed by atoms with Gasteiger partial charge >= 0.3 is 18.0 Å². The molecule has 0 spiro atoms. The Morgan fingerprint density at radius 3 is 2.44 bits per heavy atom. The van der Waals surface area contributed by atoms with Gasteiger partial charge in [-0.3, -0.25) is 4.79 Å². The lowest BCUT2D eigenvalue weighted by Gasteiger charge is -2.18. The first-order valence-electron chi connectivity index (χ1n) is 11.3. The first-order valence-corrected chi connectivity index (χ1v) is 11.3. The van der Waals surface area contributed by atoms with E-state index in [4.69, 9.17) is 15.6 Å². The highest BCUT2D eigenvalue weighted by Gasteiger charge is 2.31. The lowest BCUT2D eigenvalue weighted by Crippen LogP contribution is -2.33. The highest BCUT2D eigenvalue weighted by molar-refractivity contribution is 5.77. The summed E-state index contributed by atoms with van der Waals surface area (Å²) in [6, 6.07) is 2.07. The maximum atomic E-state index is 12.3. The van der Waals surface area contributed by atoms with Crippen LogP contribution in [0.25, 0.3) is 0 Å². The molecule has 2 aromatic heterocycles. The topological polar surface area (TPSA) is 160 Å². The molecule has 34 heavy (non-hydrogen) atoms. The van der Waals surface area contributed by atoms with Crippen LogP contribution in [0.5, 0.6) is 6.01 Å². The molecule has 1 saturated heterocycles. The van der Waals surface area contributed by atoms with Gasteiger partial charge in [-0.25, -0.2) is 19.7 Å². The van der Waals surface area contributed by atoms with Crippen LogP contribution < -0.4 is 15.8 Å². The number of aryl methyl sites for hydroxylation is 1. The molecule has 3 heterocycles. The Hall–Kier alpha value is -3.70. The van der Waals surface area contributed by atoms with Crippen molar-refractivity contribution in [2.24, 2.45) is 0 Å². The van der Waals surface area contributed by atoms with Crippen LogP contribution in [0.2, 0.25) is 0 Å². The monoisotopic (exact) mass is 472 g/mol. The standard InChI is InChI=1S/C17H26N6O3.C5H6N2O/c1-19-16-20-12(14(11-4-5-11)15(18)21-16)3-2-7-22-9-10-23(17(22)26)8-6-13(24)25;1-8-5-6-3-2-4-7-5/h11H,2-10H2,1H3,(H,24,25)(H3,18,19,20,21);2-4H,1H3. The molecule has 12 heteroatoms. The number of aliphatic carboxylic acids is 1. The Kier molecular flexibility index (Phi) is 8.77. The summed E-state index contributed by atoms with van der Waals surface area (Å²) in [6.45, 7) is 2.13. The number of hydrogen-bond donors (Lipinski definition) is 3. The number of carboxylic acid groups (broad SMARTS) is 1. The minimum absolute atomic E-state index is 0.0165. The zero-order valence-electron chi connectivity index (χ0n) is 19.6. The molecule has 1 aliphatic carbocycles. The molecule has 0 unspecified atom stereocenters. The minimum atomic E-state index is -0.884. The van der Waals surface area contributed by atoms with Gasteiger partial charge in [-0.1, -0.05) is 0 Å². The van der Waals surface area contributed by atoms with Gasteiger partial charge in [0.15, 0.2) is 0 Å². The van der Waals surface area contributed by atoms with Crippen molar-refractivity contribution in [1.82, 2.24) is 29.7 Å². The van der Waals surface area contributed by atoms with Crippen LogP contribution in [-0.2, 0) is 11.2 Å². The zero-order chi connectivity index (χ0) is 24.5. The molecule has 2 aromatic rings. The number of carboxylic acids is 1. The first kappa shape index (κ1) is 24.9. The second kappa shape index (κ2) is 12.0. The van der Waals surface area contributed by atoms with Gasteiger partial charge < -0.3 is 30.7 Å². The van der Waals surface area contributed by atoms with Gasteiger partial charge in [0.25, 0.3) is 0 Å². The number of carbonyl (C=O) groups excluding carboxylic acids is 1. The molecule has 0 bridgehead atoms. The van der Waals surface area contributed by atoms with Gasteiger partial charge in [-0.2, -0.15) is 4.98 Å². The zero-order valence-corrected chi connectivity index (χ0v) is 19.6. The number of urea groups is 1. The molecule has 2 aliphatic rings. The van der Waals surface area contributed by atoms with Crippen LogP contribution in [0.15, 0.2) is 18.5 Å². The molecule has 12 nitrogen and oxygen atoms in total. The second-order valence-electron chi connectivity index (χ2n) is 8.06. The number of nitrogens with one attached hydrogen (secondary N) is 1. The van der Waals surface area contributed by atoms with Crippen molar-refractivity contribution in [2.45, 2.75) is 38.0 Å². The van der Waals surface area contributed by atoms with E-state index in [0.717, 1.165) is 36.9 Å². The van der Waals surface area contributed by atoms with E-state index in [2.05, 4.69) is 25.3 Å². The van der Waals surface area contributed by atoms with E-state index in [1.165, 1.54) is 7.11 Å². The third-order valence-corrected chi connectivity index (χ3v) is 5.61. The van der Waals surface area contributed by atoms with Crippen LogP contribution in [0.4, 0.5) is 16.6 Å². The quantitative estimate of drug-likeness (QED) is 0.463. The molecule has 0 radical (unpaired) electrons. The molecule has 2 fully saturated rings. The predicted octanol–water partition coefficient (Wildman–Crippen LogP) is 1.61. The Morgan fingerprint density at radius 2 is 1.88 bits per heavy atom. The van der Waals surface area contributed by atoms with E-state index in [9.17, 15) is 9.59 Å². The van der Waals surface area contributed by atoms with Crippen molar-refractivity contribution < 1.29 is 19.4 Å². The molecule has 0 atom stereocenters. The Morgan fingerprint density at radius 1 is 1.21 bits per heavy atom. The smallest absolute Gasteiger partial charge is 0.320 e. The van der Waals surface area contributed by atoms with E-state index < -0.39 is 5.97 Å². The first-order chi connectivity index (χ1) is 16.4. The van der Waals surface area contributed by atoms with Crippen molar-refractivity contribution in [3.05, 3.63) is 29.7 Å². The molecule has 184 valence electrons. The third-order valence-electron chi connectivity index (χ3n) is 5.61. The summed E-state index contributed by atoms with van der Waals surface area (Å²) < 4.78 is 4.69. The van der Waals surface area contributed by atoms with Crippen molar-refractivity contribution in [1.29, 1.82) is 0 Å². The number of ether oxygens (including phenoxy) is 1. The molecule has 4 rings (SSSR count). The van der Waals surface area contributed by atoms with Crippen molar-refractivity contribution in [3.63, 3.8) is 0 Å². The maximum absolute atomic E-state index is 12.3. The molecular formula is C22H32N8O4. The van der Waals surface area contributed by atoms with E-state index in [1.807, 2.05) is 0 Å². The average Bonchev–Trinajstić information content (AvgIpc) is 3.61. The number of rotatable bonds is 10. The van der Waals surface area contributed by atoms with Crippen molar-refractivity contribution in [3.8, 4) is 6.01 Å². The number of aromatic nitrogens is 4. The van der Waals surface area contributed by atoms with Gasteiger partial charge in [0.2, 0.25) is 5.95 Å². The summed E-state index contributed by atoms with van der Waals surface area (Å²) in [4.78, 5) is 42.8. The fourth-order valence-corrected chi connectivity index (χ4v) is 3.76. The summed E-state index contributed by atoms with van der Waals surface area (Å²) in [5, 5.41) is 11.7. The van der Waals surface area contributed by atoms with E-state index in [1.54, 1.807) is 35.3 Å².